The number of nitrogens with zero attached hydrogens (tertiary/aromatic N) is 4. The average molecular weight is 461 g/mol. The van der Waals surface area contributed by atoms with Gasteiger partial charge in [-0.3, -0.25) is 10.1 Å². The second-order valence-corrected chi connectivity index (χ2v) is 8.01. The molecule has 0 aliphatic carbocycles. The van der Waals surface area contributed by atoms with Crippen molar-refractivity contribution in [3.63, 3.8) is 0 Å². The molecule has 0 radical (unpaired) electrons. The van der Waals surface area contributed by atoms with E-state index in [-0.39, 0.29) is 5.56 Å². The summed E-state index contributed by atoms with van der Waals surface area (Å²) in [6.45, 7) is 1.31. The third-order valence-corrected chi connectivity index (χ3v) is 5.27. The van der Waals surface area contributed by atoms with Crippen LogP contribution in [-0.2, 0) is 9.53 Å². The van der Waals surface area contributed by atoms with Gasteiger partial charge in [0.05, 0.1) is 29.1 Å². The van der Waals surface area contributed by atoms with Gasteiger partial charge >= 0.3 is 5.97 Å². The van der Waals surface area contributed by atoms with Crippen molar-refractivity contribution in [1.29, 1.82) is 0 Å². The summed E-state index contributed by atoms with van der Waals surface area (Å²) in [6, 6.07) is 11.8. The molecule has 0 aliphatic rings. The highest BCUT2D eigenvalue weighted by atomic mass is 32.1. The van der Waals surface area contributed by atoms with Crippen molar-refractivity contribution >= 4 is 39.4 Å². The summed E-state index contributed by atoms with van der Waals surface area (Å²) < 4.78 is 16.1. The molecule has 0 saturated heterocycles. The molecule has 0 spiro atoms. The molecule has 0 unspecified atom stereocenters. The minimum atomic E-state index is -0.669. The molecule has 0 bridgehead atoms. The number of anilines is 1. The van der Waals surface area contributed by atoms with E-state index in [4.69, 9.17) is 13.6 Å². The van der Waals surface area contributed by atoms with Crippen molar-refractivity contribution in [2.45, 2.75) is 6.92 Å². The molecule has 0 aliphatic heterocycles. The predicted octanol–water partition coefficient (Wildman–Crippen LogP) is 4.11. The van der Waals surface area contributed by atoms with Crippen LogP contribution < -0.4 is 5.32 Å². The lowest BCUT2D eigenvalue weighted by Crippen LogP contribution is -2.20. The van der Waals surface area contributed by atoms with Crippen LogP contribution in [0.5, 0.6) is 0 Å². The SMILES string of the molecule is Cc1nnc(NC(=O)COC(=O)c2ccc3nc(-c4ccco4)c(-c4ccco4)nc3c2)s1. The number of aromatic nitrogens is 4. The van der Waals surface area contributed by atoms with E-state index in [0.717, 1.165) is 0 Å². The standard InChI is InChI=1S/C22H15N5O5S/c1-12-26-27-22(33-12)25-18(28)11-32-21(29)13-6-7-14-15(10-13)24-20(17-5-3-9-31-17)19(23-14)16-4-2-8-30-16/h2-10H,11H2,1H3,(H,25,27,28). The number of hydrogen-bond donors (Lipinski definition) is 1. The number of carbonyl (C=O) groups excluding carboxylic acids is 2. The third kappa shape index (κ3) is 4.34. The summed E-state index contributed by atoms with van der Waals surface area (Å²) in [6.07, 6.45) is 3.09. The van der Waals surface area contributed by atoms with E-state index in [1.165, 1.54) is 17.6 Å². The van der Waals surface area contributed by atoms with Gasteiger partial charge in [0.2, 0.25) is 5.13 Å². The van der Waals surface area contributed by atoms with Crippen molar-refractivity contribution in [1.82, 2.24) is 20.2 Å². The van der Waals surface area contributed by atoms with Crippen molar-refractivity contribution in [3.05, 3.63) is 65.6 Å². The molecule has 1 N–H and O–H groups in total. The van der Waals surface area contributed by atoms with Gasteiger partial charge in [0.15, 0.2) is 18.1 Å². The maximum Gasteiger partial charge on any atom is 0.338 e. The van der Waals surface area contributed by atoms with Gasteiger partial charge in [-0.05, 0) is 49.4 Å². The maximum atomic E-state index is 12.5. The molecule has 1 aromatic carbocycles. The quantitative estimate of drug-likeness (QED) is 0.371. The largest absolute Gasteiger partial charge is 0.463 e. The fourth-order valence-electron chi connectivity index (χ4n) is 3.07. The summed E-state index contributed by atoms with van der Waals surface area (Å²) in [5.74, 6) is -0.136. The Balaban J connectivity index is 1.39. The first kappa shape index (κ1) is 20.5. The first-order valence-electron chi connectivity index (χ1n) is 9.73. The minimum Gasteiger partial charge on any atom is -0.463 e. The van der Waals surface area contributed by atoms with Gasteiger partial charge in [-0.25, -0.2) is 14.8 Å². The molecule has 33 heavy (non-hydrogen) atoms. The molecule has 4 aromatic heterocycles. The van der Waals surface area contributed by atoms with Gasteiger partial charge < -0.3 is 13.6 Å². The normalized spacial score (nSPS) is 10.9. The molecule has 164 valence electrons. The van der Waals surface area contributed by atoms with Crippen LogP contribution in [0.25, 0.3) is 33.9 Å². The number of fused-ring (bicyclic) bond motifs is 1. The number of aryl methyl sites for hydroxylation is 1. The summed E-state index contributed by atoms with van der Waals surface area (Å²) in [5.41, 5.74) is 2.23. The van der Waals surface area contributed by atoms with Crippen molar-refractivity contribution < 1.29 is 23.2 Å². The molecule has 1 amide bonds. The van der Waals surface area contributed by atoms with Gasteiger partial charge in [0, 0.05) is 0 Å². The molecule has 4 heterocycles. The number of carbonyl (C=O) groups is 2. The Morgan fingerprint density at radius 2 is 1.67 bits per heavy atom. The van der Waals surface area contributed by atoms with Crippen LogP contribution in [0.2, 0.25) is 0 Å². The molecule has 5 rings (SSSR count). The van der Waals surface area contributed by atoms with E-state index in [1.807, 2.05) is 0 Å². The van der Waals surface area contributed by atoms with Crippen LogP contribution in [0, 0.1) is 6.92 Å². The first-order valence-corrected chi connectivity index (χ1v) is 10.5. The van der Waals surface area contributed by atoms with Crippen LogP contribution in [-0.4, -0.2) is 38.6 Å². The highest BCUT2D eigenvalue weighted by Gasteiger charge is 2.19. The van der Waals surface area contributed by atoms with Gasteiger partial charge in [0.25, 0.3) is 5.91 Å². The van der Waals surface area contributed by atoms with E-state index < -0.39 is 18.5 Å². The van der Waals surface area contributed by atoms with E-state index in [1.54, 1.807) is 55.7 Å². The molecule has 5 aromatic rings. The van der Waals surface area contributed by atoms with Crippen molar-refractivity contribution in [2.24, 2.45) is 0 Å². The molecule has 0 atom stereocenters. The van der Waals surface area contributed by atoms with Crippen molar-refractivity contribution in [3.8, 4) is 22.9 Å². The number of nitrogens with one attached hydrogen (secondary N) is 1. The summed E-state index contributed by atoms with van der Waals surface area (Å²) in [4.78, 5) is 33.8. The number of hydrogen-bond acceptors (Lipinski definition) is 10. The first-order chi connectivity index (χ1) is 16.1. The minimum absolute atomic E-state index is 0.229. The Labute approximate surface area is 190 Å². The zero-order chi connectivity index (χ0) is 22.8. The second-order valence-electron chi connectivity index (χ2n) is 6.83. The summed E-state index contributed by atoms with van der Waals surface area (Å²) in [7, 11) is 0. The Kier molecular flexibility index (Phi) is 5.37. The number of benzene rings is 1. The van der Waals surface area contributed by atoms with Crippen LogP contribution in [0.4, 0.5) is 5.13 Å². The summed E-state index contributed by atoms with van der Waals surface area (Å²) in [5, 5.41) is 11.2. The van der Waals surface area contributed by atoms with E-state index in [2.05, 4.69) is 25.5 Å². The second kappa shape index (κ2) is 8.63. The van der Waals surface area contributed by atoms with Crippen molar-refractivity contribution in [2.75, 3.05) is 11.9 Å². The Morgan fingerprint density at radius 1 is 0.970 bits per heavy atom. The topological polar surface area (TPSA) is 133 Å². The molecule has 0 fully saturated rings. The number of rotatable bonds is 6. The lowest BCUT2D eigenvalue weighted by atomic mass is 10.1. The van der Waals surface area contributed by atoms with Crippen LogP contribution in [0.15, 0.2) is 63.8 Å². The highest BCUT2D eigenvalue weighted by Crippen LogP contribution is 2.31. The van der Waals surface area contributed by atoms with Gasteiger partial charge in [0.1, 0.15) is 16.4 Å². The molecular formula is C22H15N5O5S. The fourth-order valence-corrected chi connectivity index (χ4v) is 3.68. The van der Waals surface area contributed by atoms with Crippen LogP contribution >= 0.6 is 11.3 Å². The lowest BCUT2D eigenvalue weighted by Gasteiger charge is -2.08. The number of amides is 1. The predicted molar refractivity (Wildman–Crippen MR) is 119 cm³/mol. The lowest BCUT2D eigenvalue weighted by molar-refractivity contribution is -0.119. The Bertz CT molecular complexity index is 1440. The van der Waals surface area contributed by atoms with E-state index >= 15 is 0 Å². The summed E-state index contributed by atoms with van der Waals surface area (Å²) >= 11 is 1.22. The number of ether oxygens (including phenoxy) is 1. The number of esters is 1. The Hall–Kier alpha value is -4.38. The highest BCUT2D eigenvalue weighted by molar-refractivity contribution is 7.15. The van der Waals surface area contributed by atoms with Gasteiger partial charge in [-0.15, -0.1) is 10.2 Å². The third-order valence-electron chi connectivity index (χ3n) is 4.52. The fraction of sp³-hybridized carbons (Fsp3) is 0.0909. The van der Waals surface area contributed by atoms with Crippen LogP contribution in [0.1, 0.15) is 15.4 Å². The monoisotopic (exact) mass is 461 g/mol. The molecule has 11 heteroatoms. The zero-order valence-corrected chi connectivity index (χ0v) is 18.0. The zero-order valence-electron chi connectivity index (χ0n) is 17.1. The van der Waals surface area contributed by atoms with Gasteiger partial charge in [-0.1, -0.05) is 11.3 Å². The smallest absolute Gasteiger partial charge is 0.338 e. The van der Waals surface area contributed by atoms with Crippen LogP contribution in [0.3, 0.4) is 0 Å². The van der Waals surface area contributed by atoms with E-state index in [0.29, 0.717) is 44.1 Å². The molecule has 0 saturated carbocycles. The average Bonchev–Trinajstić information content (AvgIpc) is 3.59. The van der Waals surface area contributed by atoms with E-state index in [9.17, 15) is 9.59 Å². The molecule has 10 nitrogen and oxygen atoms in total. The maximum absolute atomic E-state index is 12.5. The molecular weight excluding hydrogens is 446 g/mol. The Morgan fingerprint density at radius 3 is 2.27 bits per heavy atom. The number of furan rings is 2. The van der Waals surface area contributed by atoms with Gasteiger partial charge in [-0.2, -0.15) is 0 Å².